The smallest absolute Gasteiger partial charge is 0.167 e. The first-order valence-electron chi connectivity index (χ1n) is 13.0. The fourth-order valence-electron chi connectivity index (χ4n) is 5.42. The van der Waals surface area contributed by atoms with Gasteiger partial charge in [-0.1, -0.05) is 109 Å². The average Bonchev–Trinajstić information content (AvgIpc) is 3.39. The highest BCUT2D eigenvalue weighted by Gasteiger charge is 2.18. The number of aromatic nitrogens is 3. The maximum atomic E-state index is 6.36. The molecule has 4 nitrogen and oxygen atoms in total. The van der Waals surface area contributed by atoms with E-state index in [4.69, 9.17) is 19.4 Å². The topological polar surface area (TPSA) is 51.8 Å². The molecule has 8 aromatic rings. The van der Waals surface area contributed by atoms with Crippen LogP contribution in [0.4, 0.5) is 0 Å². The summed E-state index contributed by atoms with van der Waals surface area (Å²) in [5.74, 6) is 1.84. The zero-order chi connectivity index (χ0) is 25.8. The van der Waals surface area contributed by atoms with Crippen molar-refractivity contribution < 1.29 is 4.42 Å². The van der Waals surface area contributed by atoms with Crippen LogP contribution in [0.1, 0.15) is 0 Å². The third kappa shape index (κ3) is 3.57. The third-order valence-corrected chi connectivity index (χ3v) is 7.32. The SMILES string of the molecule is c1ccc2cc(-c3nc(-c4cccc5ccccc45)nc(-c4cccc5c4oc4ccccc45)n3)ccc2c1. The Hall–Kier alpha value is -5.35. The molecule has 6 aromatic carbocycles. The van der Waals surface area contributed by atoms with Gasteiger partial charge in [-0.05, 0) is 39.7 Å². The second-order valence-corrected chi connectivity index (χ2v) is 9.68. The Morgan fingerprint density at radius 3 is 1.92 bits per heavy atom. The van der Waals surface area contributed by atoms with Crippen LogP contribution < -0.4 is 0 Å². The summed E-state index contributed by atoms with van der Waals surface area (Å²) >= 11 is 0. The average molecular weight is 500 g/mol. The quantitative estimate of drug-likeness (QED) is 0.243. The molecule has 0 N–H and O–H groups in total. The lowest BCUT2D eigenvalue weighted by Gasteiger charge is -2.11. The lowest BCUT2D eigenvalue weighted by molar-refractivity contribution is 0.669. The summed E-state index contributed by atoms with van der Waals surface area (Å²) in [5, 5.41) is 6.68. The molecule has 0 aliphatic rings. The van der Waals surface area contributed by atoms with Crippen molar-refractivity contribution in [2.75, 3.05) is 0 Å². The van der Waals surface area contributed by atoms with Gasteiger partial charge >= 0.3 is 0 Å². The summed E-state index contributed by atoms with van der Waals surface area (Å²) in [4.78, 5) is 15.1. The number of furan rings is 1. The molecule has 0 aliphatic carbocycles. The van der Waals surface area contributed by atoms with Gasteiger partial charge in [-0.15, -0.1) is 0 Å². The number of para-hydroxylation sites is 2. The number of rotatable bonds is 3. The van der Waals surface area contributed by atoms with Gasteiger partial charge in [-0.25, -0.2) is 15.0 Å². The fraction of sp³-hybridized carbons (Fsp3) is 0. The van der Waals surface area contributed by atoms with E-state index in [-0.39, 0.29) is 0 Å². The first kappa shape index (κ1) is 21.7. The minimum absolute atomic E-state index is 0.584. The highest BCUT2D eigenvalue weighted by atomic mass is 16.3. The van der Waals surface area contributed by atoms with E-state index in [9.17, 15) is 0 Å². The van der Waals surface area contributed by atoms with Crippen molar-refractivity contribution in [1.82, 2.24) is 15.0 Å². The summed E-state index contributed by atoms with van der Waals surface area (Å²) < 4.78 is 6.36. The summed E-state index contributed by atoms with van der Waals surface area (Å²) in [6.07, 6.45) is 0. The van der Waals surface area contributed by atoms with Gasteiger partial charge in [0.25, 0.3) is 0 Å². The highest BCUT2D eigenvalue weighted by Crippen LogP contribution is 2.36. The molecule has 4 heteroatoms. The van der Waals surface area contributed by atoms with E-state index < -0.39 is 0 Å². The van der Waals surface area contributed by atoms with E-state index in [0.717, 1.165) is 54.8 Å². The number of hydrogen-bond acceptors (Lipinski definition) is 4. The molecule has 0 radical (unpaired) electrons. The van der Waals surface area contributed by atoms with Gasteiger partial charge in [0.2, 0.25) is 0 Å². The van der Waals surface area contributed by atoms with Crippen LogP contribution in [0.3, 0.4) is 0 Å². The van der Waals surface area contributed by atoms with E-state index >= 15 is 0 Å². The minimum Gasteiger partial charge on any atom is -0.455 e. The second-order valence-electron chi connectivity index (χ2n) is 9.68. The van der Waals surface area contributed by atoms with Gasteiger partial charge in [-0.3, -0.25) is 0 Å². The molecular weight excluding hydrogens is 478 g/mol. The molecule has 0 amide bonds. The van der Waals surface area contributed by atoms with Crippen LogP contribution in [-0.2, 0) is 0 Å². The Morgan fingerprint density at radius 1 is 0.410 bits per heavy atom. The molecule has 39 heavy (non-hydrogen) atoms. The lowest BCUT2D eigenvalue weighted by atomic mass is 10.0. The van der Waals surface area contributed by atoms with Crippen LogP contribution in [0.5, 0.6) is 0 Å². The highest BCUT2D eigenvalue weighted by molar-refractivity contribution is 6.09. The molecule has 0 aliphatic heterocycles. The van der Waals surface area contributed by atoms with Crippen LogP contribution in [-0.4, -0.2) is 15.0 Å². The molecule has 0 unspecified atom stereocenters. The number of nitrogens with zero attached hydrogens (tertiary/aromatic N) is 3. The molecular formula is C35H21N3O. The van der Waals surface area contributed by atoms with Crippen LogP contribution in [0.25, 0.3) is 77.6 Å². The molecule has 0 bridgehead atoms. The molecule has 0 fully saturated rings. The first-order chi connectivity index (χ1) is 19.3. The molecule has 182 valence electrons. The van der Waals surface area contributed by atoms with Crippen LogP contribution in [0.15, 0.2) is 132 Å². The molecule has 2 heterocycles. The van der Waals surface area contributed by atoms with E-state index in [0.29, 0.717) is 17.5 Å². The van der Waals surface area contributed by atoms with Gasteiger partial charge in [0.1, 0.15) is 11.2 Å². The van der Waals surface area contributed by atoms with Crippen molar-refractivity contribution in [1.29, 1.82) is 0 Å². The number of hydrogen-bond donors (Lipinski definition) is 0. The first-order valence-corrected chi connectivity index (χ1v) is 13.0. The predicted octanol–water partition coefficient (Wildman–Crippen LogP) is 9.08. The molecule has 8 rings (SSSR count). The number of benzene rings is 6. The molecule has 0 spiro atoms. The largest absolute Gasteiger partial charge is 0.455 e. The standard InChI is InChI=1S/C35H21N3O/c1-2-11-24-21-25(20-19-22(24)9-1)33-36-34(29-16-7-12-23-10-3-4-13-26(23)29)38-35(37-33)30-17-8-15-28-27-14-5-6-18-31(27)39-32(28)30/h1-21H. The van der Waals surface area contributed by atoms with Gasteiger partial charge < -0.3 is 4.42 Å². The van der Waals surface area contributed by atoms with E-state index in [1.807, 2.05) is 42.5 Å². The van der Waals surface area contributed by atoms with Crippen LogP contribution in [0, 0.1) is 0 Å². The van der Waals surface area contributed by atoms with E-state index in [1.54, 1.807) is 0 Å². The Kier molecular flexibility index (Phi) is 4.79. The molecule has 2 aromatic heterocycles. The van der Waals surface area contributed by atoms with Crippen molar-refractivity contribution in [2.24, 2.45) is 0 Å². The normalized spacial score (nSPS) is 11.6. The van der Waals surface area contributed by atoms with Gasteiger partial charge in [0.05, 0.1) is 5.56 Å². The minimum atomic E-state index is 0.584. The van der Waals surface area contributed by atoms with Gasteiger partial charge in [0, 0.05) is 21.9 Å². The summed E-state index contributed by atoms with van der Waals surface area (Å²) in [6, 6.07) is 43.5. The van der Waals surface area contributed by atoms with Crippen LogP contribution in [0.2, 0.25) is 0 Å². The molecule has 0 saturated carbocycles. The maximum absolute atomic E-state index is 6.36. The maximum Gasteiger partial charge on any atom is 0.167 e. The Bertz CT molecular complexity index is 2190. The van der Waals surface area contributed by atoms with Crippen molar-refractivity contribution in [2.45, 2.75) is 0 Å². The zero-order valence-electron chi connectivity index (χ0n) is 20.9. The monoisotopic (exact) mass is 499 g/mol. The van der Waals surface area contributed by atoms with Crippen molar-refractivity contribution in [3.63, 3.8) is 0 Å². The summed E-state index contributed by atoms with van der Waals surface area (Å²) in [5.41, 5.74) is 4.37. The van der Waals surface area contributed by atoms with Gasteiger partial charge in [-0.2, -0.15) is 0 Å². The molecule has 0 saturated heterocycles. The van der Waals surface area contributed by atoms with Crippen molar-refractivity contribution >= 4 is 43.5 Å². The third-order valence-electron chi connectivity index (χ3n) is 7.32. The van der Waals surface area contributed by atoms with E-state index in [1.165, 1.54) is 5.39 Å². The Labute approximate surface area is 224 Å². The van der Waals surface area contributed by atoms with Crippen molar-refractivity contribution in [3.05, 3.63) is 127 Å². The van der Waals surface area contributed by atoms with Crippen LogP contribution >= 0.6 is 0 Å². The Morgan fingerprint density at radius 2 is 1.03 bits per heavy atom. The molecule has 0 atom stereocenters. The summed E-state index contributed by atoms with van der Waals surface area (Å²) in [6.45, 7) is 0. The zero-order valence-corrected chi connectivity index (χ0v) is 20.9. The van der Waals surface area contributed by atoms with Crippen molar-refractivity contribution in [3.8, 4) is 34.2 Å². The number of fused-ring (bicyclic) bond motifs is 5. The lowest BCUT2D eigenvalue weighted by Crippen LogP contribution is -2.00. The van der Waals surface area contributed by atoms with Gasteiger partial charge in [0.15, 0.2) is 17.5 Å². The second kappa shape index (κ2) is 8.61. The Balaban J connectivity index is 1.42. The summed E-state index contributed by atoms with van der Waals surface area (Å²) in [7, 11) is 0. The fourth-order valence-corrected chi connectivity index (χ4v) is 5.42. The van der Waals surface area contributed by atoms with E-state index in [2.05, 4.69) is 84.9 Å². The predicted molar refractivity (Wildman–Crippen MR) is 158 cm³/mol.